The third-order valence-corrected chi connectivity index (χ3v) is 4.22. The molecule has 2 heterocycles. The van der Waals surface area contributed by atoms with Gasteiger partial charge >= 0.3 is 0 Å². The average molecular weight is 283 g/mol. The highest BCUT2D eigenvalue weighted by Gasteiger charge is 2.39. The maximum atomic E-state index is 5.83. The van der Waals surface area contributed by atoms with Crippen molar-refractivity contribution in [3.8, 4) is 0 Å². The minimum Gasteiger partial charge on any atom is -0.451 e. The fourth-order valence-electron chi connectivity index (χ4n) is 3.20. The quantitative estimate of drug-likeness (QED) is 0.849. The number of oxazole rings is 1. The summed E-state index contributed by atoms with van der Waals surface area (Å²) in [6.07, 6.45) is 9.91. The molecule has 108 valence electrons. The van der Waals surface area contributed by atoms with Crippen LogP contribution < -0.4 is 0 Å². The Bertz CT molecular complexity index is 655. The van der Waals surface area contributed by atoms with Crippen molar-refractivity contribution in [2.45, 2.75) is 25.0 Å². The van der Waals surface area contributed by atoms with E-state index in [1.165, 1.54) is 23.1 Å². The first-order chi connectivity index (χ1) is 10.3. The molecule has 0 amide bonds. The molecule has 1 spiro atoms. The first-order valence-electron chi connectivity index (χ1n) is 7.30. The summed E-state index contributed by atoms with van der Waals surface area (Å²) in [7, 11) is 0. The smallest absolute Gasteiger partial charge is 0.181 e. The van der Waals surface area contributed by atoms with Crippen molar-refractivity contribution in [3.63, 3.8) is 0 Å². The van der Waals surface area contributed by atoms with Crippen molar-refractivity contribution in [2.24, 2.45) is 0 Å². The molecule has 0 radical (unpaired) electrons. The second kappa shape index (κ2) is 5.13. The summed E-state index contributed by atoms with van der Waals surface area (Å²) in [5, 5.41) is 0. The molecule has 0 unspecified atom stereocenters. The van der Waals surface area contributed by atoms with Gasteiger partial charge in [0.25, 0.3) is 0 Å². The molecule has 0 saturated carbocycles. The van der Waals surface area contributed by atoms with Crippen molar-refractivity contribution in [1.82, 2.24) is 4.98 Å². The molecule has 1 aromatic heterocycles. The molecular formula is C17H17NO3. The monoisotopic (exact) mass is 283 g/mol. The van der Waals surface area contributed by atoms with Crippen molar-refractivity contribution < 1.29 is 13.9 Å². The van der Waals surface area contributed by atoms with E-state index in [9.17, 15) is 0 Å². The highest BCUT2D eigenvalue weighted by atomic mass is 16.7. The van der Waals surface area contributed by atoms with Crippen LogP contribution in [0.15, 0.2) is 35.3 Å². The standard InChI is InChI=1S/C17H17NO3/c1-2-13(4-5-15-11-19-12-18-15)16-6-7-17(10-14(16)3-1)20-8-9-21-17/h1-5,11-12H,6-10H2. The molecule has 4 heteroatoms. The van der Waals surface area contributed by atoms with E-state index in [1.54, 1.807) is 6.26 Å². The van der Waals surface area contributed by atoms with Crippen molar-refractivity contribution >= 4 is 12.2 Å². The van der Waals surface area contributed by atoms with E-state index in [0.717, 1.165) is 25.0 Å². The highest BCUT2D eigenvalue weighted by Crippen LogP contribution is 2.36. The summed E-state index contributed by atoms with van der Waals surface area (Å²) in [5.41, 5.74) is 4.79. The first kappa shape index (κ1) is 12.8. The lowest BCUT2D eigenvalue weighted by Gasteiger charge is -2.33. The van der Waals surface area contributed by atoms with Gasteiger partial charge in [0, 0.05) is 12.8 Å². The molecule has 4 nitrogen and oxygen atoms in total. The maximum absolute atomic E-state index is 5.83. The molecule has 0 bridgehead atoms. The number of fused-ring (bicyclic) bond motifs is 1. The lowest BCUT2D eigenvalue weighted by molar-refractivity contribution is -0.163. The fourth-order valence-corrected chi connectivity index (χ4v) is 3.20. The first-order valence-corrected chi connectivity index (χ1v) is 7.30. The summed E-state index contributed by atoms with van der Waals surface area (Å²) < 4.78 is 16.7. The van der Waals surface area contributed by atoms with E-state index in [4.69, 9.17) is 13.9 Å². The molecule has 21 heavy (non-hydrogen) atoms. The summed E-state index contributed by atoms with van der Waals surface area (Å²) in [4.78, 5) is 4.11. The van der Waals surface area contributed by atoms with Gasteiger partial charge in [0.15, 0.2) is 12.2 Å². The summed E-state index contributed by atoms with van der Waals surface area (Å²) in [6, 6.07) is 6.41. The normalized spacial score (nSPS) is 20.2. The van der Waals surface area contributed by atoms with Crippen LogP contribution in [0.5, 0.6) is 0 Å². The largest absolute Gasteiger partial charge is 0.451 e. The summed E-state index contributed by atoms with van der Waals surface area (Å²) >= 11 is 0. The highest BCUT2D eigenvalue weighted by molar-refractivity contribution is 5.70. The van der Waals surface area contributed by atoms with Crippen LogP contribution in [0, 0.1) is 0 Å². The second-order valence-electron chi connectivity index (χ2n) is 5.52. The topological polar surface area (TPSA) is 44.5 Å². The lowest BCUT2D eigenvalue weighted by atomic mass is 9.84. The minimum absolute atomic E-state index is 0.374. The van der Waals surface area contributed by atoms with E-state index in [-0.39, 0.29) is 5.79 Å². The Balaban J connectivity index is 1.63. The van der Waals surface area contributed by atoms with Crippen molar-refractivity contribution in [2.75, 3.05) is 13.2 Å². The van der Waals surface area contributed by atoms with Crippen LogP contribution in [0.1, 0.15) is 28.8 Å². The van der Waals surface area contributed by atoms with E-state index >= 15 is 0 Å². The van der Waals surface area contributed by atoms with Crippen LogP contribution in [0.2, 0.25) is 0 Å². The molecule has 1 aliphatic heterocycles. The maximum Gasteiger partial charge on any atom is 0.181 e. The van der Waals surface area contributed by atoms with Crippen molar-refractivity contribution in [3.05, 3.63) is 53.2 Å². The molecular weight excluding hydrogens is 266 g/mol. The SMILES string of the molecule is C(=Cc1cccc2c1CCC1(C2)OCCO1)c1cocn1. The van der Waals surface area contributed by atoms with Gasteiger partial charge in [-0.05, 0) is 29.2 Å². The Kier molecular flexibility index (Phi) is 3.13. The number of aromatic nitrogens is 1. The van der Waals surface area contributed by atoms with Gasteiger partial charge in [-0.3, -0.25) is 0 Å². The molecule has 1 fully saturated rings. The summed E-state index contributed by atoms with van der Waals surface area (Å²) in [5.74, 6) is -0.374. The van der Waals surface area contributed by atoms with E-state index in [2.05, 4.69) is 29.3 Å². The Labute approximate surface area is 123 Å². The molecule has 2 aromatic rings. The number of rotatable bonds is 2. The molecule has 0 atom stereocenters. The van der Waals surface area contributed by atoms with Gasteiger partial charge in [0.1, 0.15) is 12.0 Å². The number of hydrogen-bond acceptors (Lipinski definition) is 4. The minimum atomic E-state index is -0.374. The third kappa shape index (κ3) is 2.41. The van der Waals surface area contributed by atoms with Gasteiger partial charge < -0.3 is 13.9 Å². The number of ether oxygens (including phenoxy) is 2. The number of benzene rings is 1. The Morgan fingerprint density at radius 1 is 1.14 bits per heavy atom. The van der Waals surface area contributed by atoms with Crippen LogP contribution in [0.3, 0.4) is 0 Å². The Morgan fingerprint density at radius 2 is 2.05 bits per heavy atom. The Hall–Kier alpha value is -1.91. The van der Waals surface area contributed by atoms with Crippen LogP contribution in [-0.4, -0.2) is 24.0 Å². The predicted molar refractivity (Wildman–Crippen MR) is 78.5 cm³/mol. The zero-order valence-corrected chi connectivity index (χ0v) is 11.7. The zero-order chi connectivity index (χ0) is 14.1. The van der Waals surface area contributed by atoms with Gasteiger partial charge in [0.05, 0.1) is 13.2 Å². The molecule has 0 N–H and O–H groups in total. The second-order valence-corrected chi connectivity index (χ2v) is 5.52. The summed E-state index contributed by atoms with van der Waals surface area (Å²) in [6.45, 7) is 1.42. The van der Waals surface area contributed by atoms with E-state index in [1.807, 2.05) is 6.08 Å². The van der Waals surface area contributed by atoms with Crippen molar-refractivity contribution in [1.29, 1.82) is 0 Å². The van der Waals surface area contributed by atoms with Gasteiger partial charge in [-0.25, -0.2) is 4.98 Å². The van der Waals surface area contributed by atoms with Gasteiger partial charge in [-0.15, -0.1) is 0 Å². The fraction of sp³-hybridized carbons (Fsp3) is 0.353. The van der Waals surface area contributed by atoms with Crippen LogP contribution in [-0.2, 0) is 22.3 Å². The lowest BCUT2D eigenvalue weighted by Crippen LogP contribution is -2.37. The molecule has 1 saturated heterocycles. The average Bonchev–Trinajstić information content (AvgIpc) is 3.17. The molecule has 1 aliphatic carbocycles. The Morgan fingerprint density at radius 3 is 2.86 bits per heavy atom. The van der Waals surface area contributed by atoms with Crippen LogP contribution >= 0.6 is 0 Å². The van der Waals surface area contributed by atoms with Gasteiger partial charge in [-0.2, -0.15) is 0 Å². The van der Waals surface area contributed by atoms with Gasteiger partial charge in [-0.1, -0.05) is 24.3 Å². The predicted octanol–water partition coefficient (Wildman–Crippen LogP) is 3.08. The zero-order valence-electron chi connectivity index (χ0n) is 11.7. The number of nitrogens with zero attached hydrogens (tertiary/aromatic N) is 1. The van der Waals surface area contributed by atoms with Crippen LogP contribution in [0.4, 0.5) is 0 Å². The third-order valence-electron chi connectivity index (χ3n) is 4.22. The molecule has 4 rings (SSSR count). The number of hydrogen-bond donors (Lipinski definition) is 0. The van der Waals surface area contributed by atoms with E-state index in [0.29, 0.717) is 13.2 Å². The van der Waals surface area contributed by atoms with Gasteiger partial charge in [0.2, 0.25) is 0 Å². The van der Waals surface area contributed by atoms with E-state index < -0.39 is 0 Å². The molecule has 2 aliphatic rings. The van der Waals surface area contributed by atoms with Crippen LogP contribution in [0.25, 0.3) is 12.2 Å². The molecule has 1 aromatic carbocycles.